The lowest BCUT2D eigenvalue weighted by atomic mass is 10.1. The third kappa shape index (κ3) is 2.82. The zero-order valence-corrected chi connectivity index (χ0v) is 10.3. The molecule has 0 fully saturated rings. The Morgan fingerprint density at radius 2 is 1.82 bits per heavy atom. The van der Waals surface area contributed by atoms with Gasteiger partial charge in [0.25, 0.3) is 0 Å². The van der Waals surface area contributed by atoms with E-state index < -0.39 is 0 Å². The molecule has 2 rings (SSSR count). The molecule has 0 spiro atoms. The van der Waals surface area contributed by atoms with E-state index in [0.29, 0.717) is 4.99 Å². The number of thiocarbonyl (C=S) groups is 1. The first-order valence-electron chi connectivity index (χ1n) is 5.30. The molecule has 0 saturated carbocycles. The summed E-state index contributed by atoms with van der Waals surface area (Å²) in [5.41, 5.74) is 7.45. The quantitative estimate of drug-likeness (QED) is 0.839. The molecule has 0 aliphatic heterocycles. The first-order valence-corrected chi connectivity index (χ1v) is 5.71. The average Bonchev–Trinajstić information content (AvgIpc) is 2.33. The third-order valence-corrected chi connectivity index (χ3v) is 2.67. The van der Waals surface area contributed by atoms with Crippen LogP contribution < -0.4 is 10.5 Å². The average molecular weight is 243 g/mol. The van der Waals surface area contributed by atoms with Crippen LogP contribution in [0.2, 0.25) is 0 Å². The molecule has 0 aliphatic carbocycles. The topological polar surface area (TPSA) is 35.2 Å². The van der Waals surface area contributed by atoms with Gasteiger partial charge in [-0.15, -0.1) is 0 Å². The first-order chi connectivity index (χ1) is 8.16. The largest absolute Gasteiger partial charge is 0.457 e. The van der Waals surface area contributed by atoms with Gasteiger partial charge in [0, 0.05) is 5.56 Å². The summed E-state index contributed by atoms with van der Waals surface area (Å²) in [5.74, 6) is 1.63. The molecule has 0 unspecified atom stereocenters. The summed E-state index contributed by atoms with van der Waals surface area (Å²) in [6.45, 7) is 1.97. The molecule has 0 bridgehead atoms. The second-order valence-corrected chi connectivity index (χ2v) is 4.20. The maximum Gasteiger partial charge on any atom is 0.130 e. The van der Waals surface area contributed by atoms with Crippen molar-refractivity contribution in [3.05, 3.63) is 59.7 Å². The second kappa shape index (κ2) is 4.97. The van der Waals surface area contributed by atoms with Crippen molar-refractivity contribution < 1.29 is 4.74 Å². The van der Waals surface area contributed by atoms with Gasteiger partial charge >= 0.3 is 0 Å². The fraction of sp³-hybridized carbons (Fsp3) is 0.0714. The molecular formula is C14H13NOS. The van der Waals surface area contributed by atoms with Crippen LogP contribution in [0.25, 0.3) is 0 Å². The normalized spacial score (nSPS) is 9.94. The van der Waals surface area contributed by atoms with E-state index in [4.69, 9.17) is 22.7 Å². The molecule has 0 radical (unpaired) electrons. The van der Waals surface area contributed by atoms with Gasteiger partial charge in [-0.2, -0.15) is 0 Å². The number of ether oxygens (including phenoxy) is 1. The Labute approximate surface area is 106 Å². The molecule has 0 atom stereocenters. The molecule has 2 aromatic carbocycles. The van der Waals surface area contributed by atoms with Crippen LogP contribution in [-0.2, 0) is 0 Å². The summed E-state index contributed by atoms with van der Waals surface area (Å²) < 4.78 is 5.76. The zero-order valence-electron chi connectivity index (χ0n) is 9.51. The van der Waals surface area contributed by atoms with Crippen molar-refractivity contribution in [1.29, 1.82) is 0 Å². The van der Waals surface area contributed by atoms with Crippen molar-refractivity contribution in [2.45, 2.75) is 6.92 Å². The molecular weight excluding hydrogens is 230 g/mol. The molecule has 0 aliphatic rings. The Hall–Kier alpha value is -1.87. The minimum atomic E-state index is 0.402. The van der Waals surface area contributed by atoms with E-state index >= 15 is 0 Å². The van der Waals surface area contributed by atoms with Crippen LogP contribution >= 0.6 is 12.2 Å². The van der Waals surface area contributed by atoms with E-state index in [-0.39, 0.29) is 0 Å². The van der Waals surface area contributed by atoms with Gasteiger partial charge in [-0.1, -0.05) is 30.4 Å². The van der Waals surface area contributed by atoms with E-state index in [2.05, 4.69) is 0 Å². The van der Waals surface area contributed by atoms with Gasteiger partial charge in [0.05, 0.1) is 0 Å². The smallest absolute Gasteiger partial charge is 0.130 e. The van der Waals surface area contributed by atoms with E-state index in [9.17, 15) is 0 Å². The minimum absolute atomic E-state index is 0.402. The SMILES string of the molecule is Cc1cc(C(N)=S)ccc1Oc1ccccc1. The minimum Gasteiger partial charge on any atom is -0.457 e. The van der Waals surface area contributed by atoms with Crippen molar-refractivity contribution >= 4 is 17.2 Å². The standard InChI is InChI=1S/C14H13NOS/c1-10-9-11(14(15)17)7-8-13(10)16-12-5-3-2-4-6-12/h2-9H,1H3,(H2,15,17). The van der Waals surface area contributed by atoms with E-state index in [0.717, 1.165) is 22.6 Å². The van der Waals surface area contributed by atoms with Crippen LogP contribution in [0.3, 0.4) is 0 Å². The Bertz CT molecular complexity index is 537. The Morgan fingerprint density at radius 1 is 1.12 bits per heavy atom. The monoisotopic (exact) mass is 243 g/mol. The van der Waals surface area contributed by atoms with Crippen molar-refractivity contribution in [3.8, 4) is 11.5 Å². The van der Waals surface area contributed by atoms with Gasteiger partial charge in [-0.25, -0.2) is 0 Å². The number of aryl methyl sites for hydroxylation is 1. The molecule has 17 heavy (non-hydrogen) atoms. The number of para-hydroxylation sites is 1. The van der Waals surface area contributed by atoms with Gasteiger partial charge in [-0.3, -0.25) is 0 Å². The van der Waals surface area contributed by atoms with Crippen molar-refractivity contribution in [2.24, 2.45) is 5.73 Å². The maximum atomic E-state index is 5.76. The van der Waals surface area contributed by atoms with Crippen LogP contribution in [0.4, 0.5) is 0 Å². The number of rotatable bonds is 3. The van der Waals surface area contributed by atoms with E-state index in [1.807, 2.05) is 55.5 Å². The molecule has 86 valence electrons. The van der Waals surface area contributed by atoms with Gasteiger partial charge in [0.15, 0.2) is 0 Å². The molecule has 2 nitrogen and oxygen atoms in total. The summed E-state index contributed by atoms with van der Waals surface area (Å²) in [7, 11) is 0. The van der Waals surface area contributed by atoms with Gasteiger partial charge in [0.2, 0.25) is 0 Å². The van der Waals surface area contributed by atoms with Crippen LogP contribution in [0.1, 0.15) is 11.1 Å². The maximum absolute atomic E-state index is 5.76. The van der Waals surface area contributed by atoms with Crippen molar-refractivity contribution in [3.63, 3.8) is 0 Å². The Balaban J connectivity index is 2.26. The molecule has 0 saturated heterocycles. The number of hydrogen-bond acceptors (Lipinski definition) is 2. The first kappa shape index (κ1) is 11.6. The second-order valence-electron chi connectivity index (χ2n) is 3.76. The van der Waals surface area contributed by atoms with Crippen molar-refractivity contribution in [2.75, 3.05) is 0 Å². The fourth-order valence-electron chi connectivity index (χ4n) is 1.53. The highest BCUT2D eigenvalue weighted by atomic mass is 32.1. The predicted molar refractivity (Wildman–Crippen MR) is 73.6 cm³/mol. The molecule has 3 heteroatoms. The highest BCUT2D eigenvalue weighted by molar-refractivity contribution is 7.80. The van der Waals surface area contributed by atoms with Crippen LogP contribution in [0, 0.1) is 6.92 Å². The summed E-state index contributed by atoms with van der Waals surface area (Å²) in [6.07, 6.45) is 0. The fourth-order valence-corrected chi connectivity index (χ4v) is 1.66. The lowest BCUT2D eigenvalue weighted by Crippen LogP contribution is -2.09. The summed E-state index contributed by atoms with van der Waals surface area (Å²) in [4.78, 5) is 0.402. The number of nitrogens with two attached hydrogens (primary N) is 1. The third-order valence-electron chi connectivity index (χ3n) is 2.43. The predicted octanol–water partition coefficient (Wildman–Crippen LogP) is 3.42. The van der Waals surface area contributed by atoms with Gasteiger partial charge in [-0.05, 0) is 42.8 Å². The van der Waals surface area contributed by atoms with Gasteiger partial charge < -0.3 is 10.5 Å². The molecule has 0 aromatic heterocycles. The highest BCUT2D eigenvalue weighted by Gasteiger charge is 2.03. The van der Waals surface area contributed by atoms with E-state index in [1.165, 1.54) is 0 Å². The zero-order chi connectivity index (χ0) is 12.3. The highest BCUT2D eigenvalue weighted by Crippen LogP contribution is 2.25. The molecule has 0 heterocycles. The summed E-state index contributed by atoms with van der Waals surface area (Å²) in [6, 6.07) is 15.4. The Kier molecular flexibility index (Phi) is 3.40. The summed E-state index contributed by atoms with van der Waals surface area (Å²) in [5, 5.41) is 0. The summed E-state index contributed by atoms with van der Waals surface area (Å²) >= 11 is 4.93. The molecule has 2 N–H and O–H groups in total. The number of hydrogen-bond donors (Lipinski definition) is 1. The molecule has 2 aromatic rings. The van der Waals surface area contributed by atoms with Crippen LogP contribution in [0.15, 0.2) is 48.5 Å². The van der Waals surface area contributed by atoms with Crippen LogP contribution in [0.5, 0.6) is 11.5 Å². The molecule has 0 amide bonds. The van der Waals surface area contributed by atoms with Crippen LogP contribution in [-0.4, -0.2) is 4.99 Å². The van der Waals surface area contributed by atoms with E-state index in [1.54, 1.807) is 0 Å². The van der Waals surface area contributed by atoms with Crippen molar-refractivity contribution in [1.82, 2.24) is 0 Å². The lowest BCUT2D eigenvalue weighted by molar-refractivity contribution is 0.479. The number of benzene rings is 2. The van der Waals surface area contributed by atoms with Gasteiger partial charge in [0.1, 0.15) is 16.5 Å². The Morgan fingerprint density at radius 3 is 2.41 bits per heavy atom. The lowest BCUT2D eigenvalue weighted by Gasteiger charge is -2.09.